The van der Waals surface area contributed by atoms with Crippen LogP contribution in [0.15, 0.2) is 66.7 Å². The van der Waals surface area contributed by atoms with E-state index >= 15 is 0 Å². The largest absolute Gasteiger partial charge is 0.478 e. The highest BCUT2D eigenvalue weighted by Gasteiger charge is 2.20. The molecule has 3 aromatic carbocycles. The first-order valence-electron chi connectivity index (χ1n) is 12.9. The zero-order chi connectivity index (χ0) is 25.9. The average Bonchev–Trinajstić information content (AvgIpc) is 2.89. The Morgan fingerprint density at radius 2 is 1.39 bits per heavy atom. The van der Waals surface area contributed by atoms with E-state index in [1.165, 1.54) is 24.5 Å². The van der Waals surface area contributed by atoms with Crippen LogP contribution in [0.25, 0.3) is 11.1 Å². The Bertz CT molecular complexity index is 1140. The molecule has 0 spiro atoms. The van der Waals surface area contributed by atoms with Crippen LogP contribution >= 0.6 is 0 Å². The van der Waals surface area contributed by atoms with Gasteiger partial charge in [-0.2, -0.15) is 0 Å². The smallest absolute Gasteiger partial charge is 0.338 e. The maximum absolute atomic E-state index is 13.9. The molecule has 0 fully saturated rings. The summed E-state index contributed by atoms with van der Waals surface area (Å²) in [5, 5.41) is 9.25. The molecule has 0 radical (unpaired) electrons. The highest BCUT2D eigenvalue weighted by molar-refractivity contribution is 5.97. The summed E-state index contributed by atoms with van der Waals surface area (Å²) in [5.41, 5.74) is 4.30. The minimum Gasteiger partial charge on any atom is -0.478 e. The van der Waals surface area contributed by atoms with Crippen LogP contribution < -0.4 is 0 Å². The number of nitrogens with zero attached hydrogens (tertiary/aromatic N) is 1. The standard InChI is InChI=1S/C31H36FNO3/c1-3-5-7-8-20-33(30(34)27-18-19-29(32)28(21-27)31(35)36)22-24-12-16-26(17-13-24)25-14-10-23(11-15-25)9-6-4-2/h10-19,21H,3-9,20,22H2,1-2H3,(H,35,36). The van der Waals surface area contributed by atoms with Gasteiger partial charge in [0.05, 0.1) is 5.56 Å². The molecular weight excluding hydrogens is 453 g/mol. The summed E-state index contributed by atoms with van der Waals surface area (Å²) in [6.45, 7) is 5.29. The zero-order valence-corrected chi connectivity index (χ0v) is 21.3. The second-order valence-corrected chi connectivity index (χ2v) is 9.28. The molecule has 0 aliphatic heterocycles. The number of halogens is 1. The van der Waals surface area contributed by atoms with Crippen LogP contribution in [-0.2, 0) is 13.0 Å². The highest BCUT2D eigenvalue weighted by Crippen LogP contribution is 2.22. The molecule has 1 N–H and O–H groups in total. The van der Waals surface area contributed by atoms with Gasteiger partial charge in [-0.05, 0) is 59.7 Å². The van der Waals surface area contributed by atoms with Gasteiger partial charge >= 0.3 is 5.97 Å². The van der Waals surface area contributed by atoms with E-state index in [-0.39, 0.29) is 11.5 Å². The number of amides is 1. The molecule has 0 aliphatic rings. The topological polar surface area (TPSA) is 57.6 Å². The van der Waals surface area contributed by atoms with E-state index in [0.29, 0.717) is 13.1 Å². The number of carbonyl (C=O) groups is 2. The minimum atomic E-state index is -1.38. The fourth-order valence-corrected chi connectivity index (χ4v) is 4.25. The molecule has 0 heterocycles. The lowest BCUT2D eigenvalue weighted by Crippen LogP contribution is -2.31. The van der Waals surface area contributed by atoms with Gasteiger partial charge in [0.15, 0.2) is 0 Å². The minimum absolute atomic E-state index is 0.184. The van der Waals surface area contributed by atoms with E-state index in [4.69, 9.17) is 0 Å². The molecule has 190 valence electrons. The van der Waals surface area contributed by atoms with Crippen molar-refractivity contribution in [1.29, 1.82) is 0 Å². The summed E-state index contributed by atoms with van der Waals surface area (Å²) < 4.78 is 13.9. The van der Waals surface area contributed by atoms with E-state index in [1.807, 2.05) is 12.1 Å². The summed E-state index contributed by atoms with van der Waals surface area (Å²) in [7, 11) is 0. The molecule has 0 saturated carbocycles. The maximum Gasteiger partial charge on any atom is 0.338 e. The van der Waals surface area contributed by atoms with Crippen molar-refractivity contribution in [2.45, 2.75) is 65.3 Å². The van der Waals surface area contributed by atoms with E-state index in [0.717, 1.165) is 60.9 Å². The molecular formula is C31H36FNO3. The first-order valence-corrected chi connectivity index (χ1v) is 12.9. The number of benzene rings is 3. The Morgan fingerprint density at radius 1 is 0.778 bits per heavy atom. The molecule has 1 amide bonds. The second-order valence-electron chi connectivity index (χ2n) is 9.28. The van der Waals surface area contributed by atoms with Crippen LogP contribution in [-0.4, -0.2) is 28.4 Å². The summed E-state index contributed by atoms with van der Waals surface area (Å²) >= 11 is 0. The third kappa shape index (κ3) is 7.51. The number of carbonyl (C=O) groups excluding carboxylic acids is 1. The van der Waals surface area contributed by atoms with Crippen molar-refractivity contribution in [3.05, 3.63) is 94.8 Å². The van der Waals surface area contributed by atoms with Gasteiger partial charge in [0.25, 0.3) is 5.91 Å². The van der Waals surface area contributed by atoms with Crippen molar-refractivity contribution in [2.24, 2.45) is 0 Å². The molecule has 5 heteroatoms. The lowest BCUT2D eigenvalue weighted by Gasteiger charge is -2.23. The molecule has 0 bridgehead atoms. The monoisotopic (exact) mass is 489 g/mol. The van der Waals surface area contributed by atoms with Gasteiger partial charge in [-0.3, -0.25) is 4.79 Å². The van der Waals surface area contributed by atoms with Gasteiger partial charge in [-0.25, -0.2) is 9.18 Å². The van der Waals surface area contributed by atoms with Crippen LogP contribution in [0, 0.1) is 5.82 Å². The number of carboxylic acid groups (broad SMARTS) is 1. The summed E-state index contributed by atoms with van der Waals surface area (Å²) in [6.07, 6.45) is 7.52. The van der Waals surface area contributed by atoms with Crippen molar-refractivity contribution in [3.63, 3.8) is 0 Å². The van der Waals surface area contributed by atoms with Crippen LogP contribution in [0.4, 0.5) is 4.39 Å². The zero-order valence-electron chi connectivity index (χ0n) is 21.3. The molecule has 0 saturated heterocycles. The van der Waals surface area contributed by atoms with Crippen molar-refractivity contribution in [1.82, 2.24) is 4.90 Å². The third-order valence-electron chi connectivity index (χ3n) is 6.45. The highest BCUT2D eigenvalue weighted by atomic mass is 19.1. The van der Waals surface area contributed by atoms with Gasteiger partial charge in [-0.1, -0.05) is 88.1 Å². The van der Waals surface area contributed by atoms with E-state index in [2.05, 4.69) is 50.2 Å². The Hall–Kier alpha value is -3.47. The molecule has 3 rings (SSSR count). The van der Waals surface area contributed by atoms with Gasteiger partial charge in [0.2, 0.25) is 0 Å². The number of hydrogen-bond acceptors (Lipinski definition) is 2. The van der Waals surface area contributed by atoms with Crippen LogP contribution in [0.1, 0.15) is 84.2 Å². The van der Waals surface area contributed by atoms with Gasteiger partial charge in [0, 0.05) is 18.7 Å². The molecule has 4 nitrogen and oxygen atoms in total. The number of unbranched alkanes of at least 4 members (excludes halogenated alkanes) is 4. The number of carboxylic acids is 1. The molecule has 3 aromatic rings. The quantitative estimate of drug-likeness (QED) is 0.250. The van der Waals surface area contributed by atoms with Crippen LogP contribution in [0.2, 0.25) is 0 Å². The summed E-state index contributed by atoms with van der Waals surface area (Å²) in [5.74, 6) is -2.52. The van der Waals surface area contributed by atoms with Gasteiger partial charge in [0.1, 0.15) is 5.82 Å². The SMILES string of the molecule is CCCCCCN(Cc1ccc(-c2ccc(CCCC)cc2)cc1)C(=O)c1ccc(F)c(C(=O)O)c1. The van der Waals surface area contributed by atoms with Crippen LogP contribution in [0.3, 0.4) is 0 Å². The van der Waals surface area contributed by atoms with E-state index in [9.17, 15) is 19.1 Å². The first-order chi connectivity index (χ1) is 17.4. The van der Waals surface area contributed by atoms with Crippen molar-refractivity contribution in [2.75, 3.05) is 6.54 Å². The molecule has 0 unspecified atom stereocenters. The Labute approximate surface area is 213 Å². The first kappa shape index (κ1) is 27.1. The third-order valence-corrected chi connectivity index (χ3v) is 6.45. The van der Waals surface area contributed by atoms with Crippen molar-refractivity contribution >= 4 is 11.9 Å². The lowest BCUT2D eigenvalue weighted by atomic mass is 10.0. The molecule has 0 aromatic heterocycles. The second kappa shape index (κ2) is 13.6. The Morgan fingerprint density at radius 3 is 1.97 bits per heavy atom. The van der Waals surface area contributed by atoms with E-state index < -0.39 is 17.3 Å². The number of rotatable bonds is 13. The normalized spacial score (nSPS) is 10.9. The van der Waals surface area contributed by atoms with Crippen LogP contribution in [0.5, 0.6) is 0 Å². The Kier molecular flexibility index (Phi) is 10.2. The predicted molar refractivity (Wildman–Crippen MR) is 143 cm³/mol. The van der Waals surface area contributed by atoms with E-state index in [1.54, 1.807) is 4.90 Å². The van der Waals surface area contributed by atoms with Gasteiger partial charge < -0.3 is 10.0 Å². The maximum atomic E-state index is 13.9. The fourth-order valence-electron chi connectivity index (χ4n) is 4.25. The summed E-state index contributed by atoms with van der Waals surface area (Å²) in [4.78, 5) is 26.4. The number of aromatic carboxylic acids is 1. The average molecular weight is 490 g/mol. The van der Waals surface area contributed by atoms with Crippen molar-refractivity contribution < 1.29 is 19.1 Å². The molecule has 0 atom stereocenters. The van der Waals surface area contributed by atoms with Crippen molar-refractivity contribution in [3.8, 4) is 11.1 Å². The Balaban J connectivity index is 1.76. The van der Waals surface area contributed by atoms with Gasteiger partial charge in [-0.15, -0.1) is 0 Å². The number of hydrogen-bond donors (Lipinski definition) is 1. The number of aryl methyl sites for hydroxylation is 1. The summed E-state index contributed by atoms with van der Waals surface area (Å²) in [6, 6.07) is 20.4. The predicted octanol–water partition coefficient (Wildman–Crippen LogP) is 7.76. The molecule has 36 heavy (non-hydrogen) atoms. The fraction of sp³-hybridized carbons (Fsp3) is 0.355. The lowest BCUT2D eigenvalue weighted by molar-refractivity contribution is 0.0692. The molecule has 0 aliphatic carbocycles.